The van der Waals surface area contributed by atoms with Gasteiger partial charge in [0.05, 0.1) is 6.61 Å². The van der Waals surface area contributed by atoms with E-state index >= 15 is 0 Å². The Balaban J connectivity index is 2.16. The molecule has 0 aromatic carbocycles. The molecule has 15 heavy (non-hydrogen) atoms. The van der Waals surface area contributed by atoms with Crippen molar-refractivity contribution < 1.29 is 29.2 Å². The van der Waals surface area contributed by atoms with Crippen molar-refractivity contribution in [2.45, 2.75) is 44.1 Å². The molecule has 0 aromatic rings. The van der Waals surface area contributed by atoms with Gasteiger partial charge in [-0.05, 0) is 13.8 Å². The topological polar surface area (TPSA) is 85.2 Å². The lowest BCUT2D eigenvalue weighted by Crippen LogP contribution is -2.40. The number of cyclic esters (lactones) is 1. The summed E-state index contributed by atoms with van der Waals surface area (Å²) in [4.78, 5) is 11.4. The maximum atomic E-state index is 11.4. The molecule has 2 aliphatic heterocycles. The molecule has 2 N–H and O–H groups in total. The summed E-state index contributed by atoms with van der Waals surface area (Å²) in [5.41, 5.74) is 0. The van der Waals surface area contributed by atoms with Crippen LogP contribution in [0.25, 0.3) is 0 Å². The van der Waals surface area contributed by atoms with Gasteiger partial charge < -0.3 is 24.4 Å². The van der Waals surface area contributed by atoms with E-state index in [1.807, 2.05) is 0 Å². The highest BCUT2D eigenvalue weighted by Crippen LogP contribution is 2.36. The third-order valence-corrected chi connectivity index (χ3v) is 2.50. The average molecular weight is 218 g/mol. The minimum Gasteiger partial charge on any atom is -0.455 e. The quantitative estimate of drug-likeness (QED) is 0.565. The van der Waals surface area contributed by atoms with Gasteiger partial charge in [0.15, 0.2) is 18.0 Å². The van der Waals surface area contributed by atoms with Crippen LogP contribution in [0.4, 0.5) is 0 Å². The van der Waals surface area contributed by atoms with Crippen molar-refractivity contribution >= 4 is 5.97 Å². The zero-order chi connectivity index (χ0) is 11.2. The van der Waals surface area contributed by atoms with Crippen LogP contribution in [0.3, 0.4) is 0 Å². The summed E-state index contributed by atoms with van der Waals surface area (Å²) in [6.07, 6.45) is -3.43. The van der Waals surface area contributed by atoms with E-state index in [4.69, 9.17) is 19.3 Å². The van der Waals surface area contributed by atoms with Crippen LogP contribution < -0.4 is 0 Å². The predicted octanol–water partition coefficient (Wildman–Crippen LogP) is -1.21. The van der Waals surface area contributed by atoms with E-state index in [0.29, 0.717) is 0 Å². The molecule has 2 rings (SSSR count). The molecule has 0 amide bonds. The largest absolute Gasteiger partial charge is 0.455 e. The summed E-state index contributed by atoms with van der Waals surface area (Å²) in [6.45, 7) is 2.88. The molecule has 0 radical (unpaired) electrons. The fourth-order valence-corrected chi connectivity index (χ4v) is 1.88. The van der Waals surface area contributed by atoms with E-state index < -0.39 is 42.8 Å². The van der Waals surface area contributed by atoms with Crippen molar-refractivity contribution in [1.82, 2.24) is 0 Å². The van der Waals surface area contributed by atoms with Gasteiger partial charge in [0.25, 0.3) is 0 Å². The average Bonchev–Trinajstić information content (AvgIpc) is 2.61. The van der Waals surface area contributed by atoms with Gasteiger partial charge in [-0.1, -0.05) is 0 Å². The van der Waals surface area contributed by atoms with Gasteiger partial charge in [-0.25, -0.2) is 4.79 Å². The van der Waals surface area contributed by atoms with Gasteiger partial charge in [-0.2, -0.15) is 0 Å². The number of carbonyl (C=O) groups excluding carboxylic acids is 1. The molecule has 0 bridgehead atoms. The Hall–Kier alpha value is -0.690. The summed E-state index contributed by atoms with van der Waals surface area (Å²) in [5, 5.41) is 18.2. The van der Waals surface area contributed by atoms with Crippen LogP contribution in [0.2, 0.25) is 0 Å². The molecule has 0 spiro atoms. The first-order valence-electron chi connectivity index (χ1n) is 4.79. The minimum absolute atomic E-state index is 0.481. The molecule has 2 fully saturated rings. The second kappa shape index (κ2) is 3.41. The summed E-state index contributed by atoms with van der Waals surface area (Å²) < 4.78 is 15.6. The molecule has 2 aliphatic rings. The normalized spacial score (nSPS) is 40.0. The highest BCUT2D eigenvalue weighted by Gasteiger charge is 2.57. The standard InChI is InChI=1S/C9H14O6/c1-9(2)14-6-5(4(11)3-10)13-8(12)7(6)15-9/h4-7,10-11H,3H2,1-2H3/t4?,5-,6?,7?/m1/s1. The number of rotatable bonds is 2. The van der Waals surface area contributed by atoms with E-state index in [-0.39, 0.29) is 0 Å². The highest BCUT2D eigenvalue weighted by molar-refractivity contribution is 5.78. The number of carbonyl (C=O) groups is 1. The van der Waals surface area contributed by atoms with E-state index in [9.17, 15) is 9.90 Å². The molecule has 4 atom stereocenters. The Morgan fingerprint density at radius 1 is 1.47 bits per heavy atom. The number of hydrogen-bond acceptors (Lipinski definition) is 6. The van der Waals surface area contributed by atoms with Crippen LogP contribution in [0.5, 0.6) is 0 Å². The van der Waals surface area contributed by atoms with E-state index in [2.05, 4.69) is 0 Å². The minimum atomic E-state index is -1.14. The van der Waals surface area contributed by atoms with Gasteiger partial charge in [-0.15, -0.1) is 0 Å². The molecule has 3 unspecified atom stereocenters. The second-order valence-electron chi connectivity index (χ2n) is 4.17. The van der Waals surface area contributed by atoms with Crippen molar-refractivity contribution in [2.75, 3.05) is 6.61 Å². The number of aliphatic hydroxyl groups excluding tert-OH is 2. The van der Waals surface area contributed by atoms with Crippen molar-refractivity contribution in [3.05, 3.63) is 0 Å². The lowest BCUT2D eigenvalue weighted by atomic mass is 10.1. The van der Waals surface area contributed by atoms with Crippen molar-refractivity contribution in [3.8, 4) is 0 Å². The summed E-state index contributed by atoms with van der Waals surface area (Å²) in [7, 11) is 0. The number of ether oxygens (including phenoxy) is 3. The Morgan fingerprint density at radius 3 is 2.73 bits per heavy atom. The molecular weight excluding hydrogens is 204 g/mol. The highest BCUT2D eigenvalue weighted by atomic mass is 16.8. The Kier molecular flexibility index (Phi) is 2.46. The van der Waals surface area contributed by atoms with E-state index in [1.54, 1.807) is 13.8 Å². The third kappa shape index (κ3) is 1.74. The third-order valence-electron chi connectivity index (χ3n) is 2.50. The first-order chi connectivity index (χ1) is 6.94. The lowest BCUT2D eigenvalue weighted by Gasteiger charge is -2.23. The van der Waals surface area contributed by atoms with Crippen molar-refractivity contribution in [1.29, 1.82) is 0 Å². The first-order valence-corrected chi connectivity index (χ1v) is 4.79. The lowest BCUT2D eigenvalue weighted by molar-refractivity contribution is -0.195. The fraction of sp³-hybridized carbons (Fsp3) is 0.889. The number of hydrogen-bond donors (Lipinski definition) is 2. The number of fused-ring (bicyclic) bond motifs is 1. The molecule has 0 saturated carbocycles. The van der Waals surface area contributed by atoms with Gasteiger partial charge in [0, 0.05) is 0 Å². The van der Waals surface area contributed by atoms with Gasteiger partial charge >= 0.3 is 5.97 Å². The van der Waals surface area contributed by atoms with Crippen LogP contribution in [-0.2, 0) is 19.0 Å². The van der Waals surface area contributed by atoms with Gasteiger partial charge in [0.1, 0.15) is 12.2 Å². The first kappa shape index (κ1) is 10.8. The summed E-state index contributed by atoms with van der Waals surface area (Å²) in [6, 6.07) is 0. The van der Waals surface area contributed by atoms with Crippen LogP contribution in [0.1, 0.15) is 13.8 Å². The molecule has 86 valence electrons. The molecule has 6 heteroatoms. The zero-order valence-corrected chi connectivity index (χ0v) is 8.54. The molecule has 2 heterocycles. The van der Waals surface area contributed by atoms with Crippen LogP contribution in [0, 0.1) is 0 Å². The summed E-state index contributed by atoms with van der Waals surface area (Å²) >= 11 is 0. The van der Waals surface area contributed by atoms with Crippen LogP contribution >= 0.6 is 0 Å². The zero-order valence-electron chi connectivity index (χ0n) is 8.54. The summed E-state index contributed by atoms with van der Waals surface area (Å²) in [5.74, 6) is -1.41. The van der Waals surface area contributed by atoms with E-state index in [0.717, 1.165) is 0 Å². The number of aliphatic hydroxyl groups is 2. The number of esters is 1. The monoisotopic (exact) mass is 218 g/mol. The second-order valence-corrected chi connectivity index (χ2v) is 4.17. The fourth-order valence-electron chi connectivity index (χ4n) is 1.88. The molecule has 2 saturated heterocycles. The van der Waals surface area contributed by atoms with Crippen LogP contribution in [0.15, 0.2) is 0 Å². The van der Waals surface area contributed by atoms with E-state index in [1.165, 1.54) is 0 Å². The Morgan fingerprint density at radius 2 is 2.13 bits per heavy atom. The van der Waals surface area contributed by atoms with Crippen LogP contribution in [-0.4, -0.2) is 53.0 Å². The van der Waals surface area contributed by atoms with Crippen molar-refractivity contribution in [2.24, 2.45) is 0 Å². The molecule has 6 nitrogen and oxygen atoms in total. The Bertz CT molecular complexity index is 276. The predicted molar refractivity (Wildman–Crippen MR) is 46.8 cm³/mol. The van der Waals surface area contributed by atoms with Gasteiger partial charge in [0.2, 0.25) is 0 Å². The van der Waals surface area contributed by atoms with Crippen molar-refractivity contribution in [3.63, 3.8) is 0 Å². The molecular formula is C9H14O6. The SMILES string of the molecule is CC1(C)OC2C(=O)O[C@H](C(O)CO)C2O1. The molecule has 0 aliphatic carbocycles. The van der Waals surface area contributed by atoms with Gasteiger partial charge in [-0.3, -0.25) is 0 Å². The smallest absolute Gasteiger partial charge is 0.338 e. The maximum absolute atomic E-state index is 11.4. The maximum Gasteiger partial charge on any atom is 0.338 e. The molecule has 0 aromatic heterocycles. The Labute approximate surface area is 86.7 Å².